The molecule has 4 heterocycles. The van der Waals surface area contributed by atoms with Crippen molar-refractivity contribution in [3.05, 3.63) is 48.0 Å². The first-order chi connectivity index (χ1) is 16.7. The van der Waals surface area contributed by atoms with E-state index >= 15 is 0 Å². The van der Waals surface area contributed by atoms with Gasteiger partial charge in [-0.3, -0.25) is 18.1 Å². The van der Waals surface area contributed by atoms with Crippen molar-refractivity contribution in [2.75, 3.05) is 18.9 Å². The molecule has 0 aliphatic carbocycles. The number of anilines is 1. The van der Waals surface area contributed by atoms with E-state index in [1.54, 1.807) is 24.3 Å². The van der Waals surface area contributed by atoms with Crippen molar-refractivity contribution in [1.82, 2.24) is 19.5 Å². The Morgan fingerprint density at radius 3 is 3.03 bits per heavy atom. The van der Waals surface area contributed by atoms with Gasteiger partial charge in [0.15, 0.2) is 17.7 Å². The number of nitriles is 1. The number of hydrogen-bond acceptors (Lipinski definition) is 12. The zero-order valence-corrected chi connectivity index (χ0v) is 19.5. The van der Waals surface area contributed by atoms with Crippen LogP contribution in [0.4, 0.5) is 5.82 Å². The SMILES string of the molecule is C[C@@]1(O)[C@H](O)[C@@H](COP2(=O)OCCC(c3cccc(C#N)c3)O2)O[C@H]1n1cnc2c(N)ncnc21. The predicted molar refractivity (Wildman–Crippen MR) is 119 cm³/mol. The number of phosphoric acid groups is 1. The van der Waals surface area contributed by atoms with Crippen molar-refractivity contribution < 1.29 is 33.1 Å². The van der Waals surface area contributed by atoms with Crippen LogP contribution in [0.2, 0.25) is 0 Å². The molecule has 13 nitrogen and oxygen atoms in total. The molecule has 0 bridgehead atoms. The molecule has 1 aromatic carbocycles. The third-order valence-corrected chi connectivity index (χ3v) is 7.54. The smallest absolute Gasteiger partial charge is 0.387 e. The standard InChI is InChI=1S/C21H23N6O7P/c1-21(29)17(28)15(33-20(21)27-11-26-16-18(23)24-10-25-19(16)27)9-32-35(30)31-6-5-14(34-35)13-4-2-3-12(7-13)8-22/h2-4,7,10-11,14-15,17,20,28-29H,5-6,9H2,1H3,(H2,23,24,25)/t14?,15-,17-,20-,21-,35?/m1/s1. The number of hydrogen-bond donors (Lipinski definition) is 3. The van der Waals surface area contributed by atoms with Gasteiger partial charge in [0.1, 0.15) is 29.7 Å². The Kier molecular flexibility index (Phi) is 6.06. The number of ether oxygens (including phenoxy) is 1. The molecule has 5 rings (SSSR count). The number of rotatable bonds is 5. The minimum atomic E-state index is -4.02. The molecule has 184 valence electrons. The van der Waals surface area contributed by atoms with Crippen LogP contribution in [0.5, 0.6) is 0 Å². The molecular weight excluding hydrogens is 479 g/mol. The number of nitrogens with zero attached hydrogens (tertiary/aromatic N) is 5. The van der Waals surface area contributed by atoms with Gasteiger partial charge < -0.3 is 20.7 Å². The highest BCUT2D eigenvalue weighted by Crippen LogP contribution is 2.57. The van der Waals surface area contributed by atoms with E-state index in [2.05, 4.69) is 21.0 Å². The fourth-order valence-electron chi connectivity index (χ4n) is 4.20. The van der Waals surface area contributed by atoms with Gasteiger partial charge in [-0.2, -0.15) is 5.26 Å². The van der Waals surface area contributed by atoms with Gasteiger partial charge in [-0.05, 0) is 24.6 Å². The van der Waals surface area contributed by atoms with Crippen LogP contribution in [0, 0.1) is 11.3 Å². The number of benzene rings is 1. The molecule has 2 saturated heterocycles. The normalized spacial score (nSPS) is 33.1. The highest BCUT2D eigenvalue weighted by Gasteiger charge is 2.54. The summed E-state index contributed by atoms with van der Waals surface area (Å²) in [5, 5.41) is 30.9. The molecule has 2 aliphatic rings. The number of nitrogens with two attached hydrogens (primary N) is 1. The van der Waals surface area contributed by atoms with Gasteiger partial charge in [0.2, 0.25) is 0 Å². The van der Waals surface area contributed by atoms with E-state index < -0.39 is 38.0 Å². The van der Waals surface area contributed by atoms with Gasteiger partial charge >= 0.3 is 7.82 Å². The van der Waals surface area contributed by atoms with Gasteiger partial charge in [0.25, 0.3) is 0 Å². The van der Waals surface area contributed by atoms with E-state index in [4.69, 9.17) is 29.3 Å². The molecule has 35 heavy (non-hydrogen) atoms. The first-order valence-electron chi connectivity index (χ1n) is 10.8. The largest absolute Gasteiger partial charge is 0.475 e. The Balaban J connectivity index is 1.31. The molecule has 0 saturated carbocycles. The Labute approximate surface area is 199 Å². The molecule has 3 aromatic rings. The Bertz CT molecular complexity index is 1340. The lowest BCUT2D eigenvalue weighted by Crippen LogP contribution is -2.44. The van der Waals surface area contributed by atoms with E-state index in [0.717, 1.165) is 0 Å². The average molecular weight is 502 g/mol. The molecule has 2 aromatic heterocycles. The van der Waals surface area contributed by atoms with E-state index in [-0.39, 0.29) is 19.0 Å². The summed E-state index contributed by atoms with van der Waals surface area (Å²) in [6.45, 7) is 1.11. The highest BCUT2D eigenvalue weighted by molar-refractivity contribution is 7.48. The van der Waals surface area contributed by atoms with E-state index in [1.807, 2.05) is 0 Å². The summed E-state index contributed by atoms with van der Waals surface area (Å²) in [7, 11) is -4.02. The van der Waals surface area contributed by atoms with Crippen LogP contribution in [0.1, 0.15) is 36.8 Å². The first-order valence-corrected chi connectivity index (χ1v) is 12.2. The molecule has 4 N–H and O–H groups in total. The Morgan fingerprint density at radius 2 is 2.23 bits per heavy atom. The van der Waals surface area contributed by atoms with Crippen LogP contribution in [-0.4, -0.2) is 60.8 Å². The van der Waals surface area contributed by atoms with Gasteiger partial charge in [-0.25, -0.2) is 19.5 Å². The molecule has 2 aliphatic heterocycles. The summed E-state index contributed by atoms with van der Waals surface area (Å²) < 4.78 is 36.9. The van der Waals surface area contributed by atoms with Gasteiger partial charge in [-0.1, -0.05) is 12.1 Å². The summed E-state index contributed by atoms with van der Waals surface area (Å²) in [5.41, 5.74) is 5.81. The molecule has 0 amide bonds. The second kappa shape index (κ2) is 8.92. The number of phosphoric ester groups is 1. The molecule has 2 fully saturated rings. The van der Waals surface area contributed by atoms with Gasteiger partial charge in [0, 0.05) is 6.42 Å². The lowest BCUT2D eigenvalue weighted by atomic mass is 9.96. The third-order valence-electron chi connectivity index (χ3n) is 6.06. The number of fused-ring (bicyclic) bond motifs is 1. The van der Waals surface area contributed by atoms with Crippen LogP contribution in [-0.2, 0) is 22.9 Å². The van der Waals surface area contributed by atoms with Crippen LogP contribution in [0.15, 0.2) is 36.9 Å². The number of aromatic nitrogens is 4. The number of aliphatic hydroxyl groups excluding tert-OH is 1. The highest BCUT2D eigenvalue weighted by atomic mass is 31.2. The van der Waals surface area contributed by atoms with Gasteiger partial charge in [-0.15, -0.1) is 0 Å². The van der Waals surface area contributed by atoms with E-state index in [0.29, 0.717) is 28.7 Å². The lowest BCUT2D eigenvalue weighted by Gasteiger charge is -2.30. The molecule has 0 radical (unpaired) electrons. The molecule has 0 spiro atoms. The summed E-state index contributed by atoms with van der Waals surface area (Å²) >= 11 is 0. The molecular formula is C21H23N6O7P. The minimum absolute atomic E-state index is 0.106. The molecule has 6 atom stereocenters. The van der Waals surface area contributed by atoms with E-state index in [9.17, 15) is 14.8 Å². The maximum atomic E-state index is 13.1. The van der Waals surface area contributed by atoms with Gasteiger partial charge in [0.05, 0.1) is 37.3 Å². The molecule has 2 unspecified atom stereocenters. The van der Waals surface area contributed by atoms with Crippen LogP contribution < -0.4 is 5.73 Å². The van der Waals surface area contributed by atoms with Crippen LogP contribution in [0.3, 0.4) is 0 Å². The number of aliphatic hydroxyl groups is 2. The van der Waals surface area contributed by atoms with Crippen molar-refractivity contribution in [1.29, 1.82) is 5.26 Å². The Hall–Kier alpha value is -2.95. The fourth-order valence-corrected chi connectivity index (χ4v) is 5.59. The quantitative estimate of drug-likeness (QED) is 0.428. The third kappa shape index (κ3) is 4.30. The predicted octanol–water partition coefficient (Wildman–Crippen LogP) is 1.59. The second-order valence-corrected chi connectivity index (χ2v) is 10.1. The van der Waals surface area contributed by atoms with Crippen molar-refractivity contribution >= 4 is 24.8 Å². The van der Waals surface area contributed by atoms with Crippen molar-refractivity contribution in [2.45, 2.75) is 43.5 Å². The molecule has 14 heteroatoms. The van der Waals surface area contributed by atoms with Crippen molar-refractivity contribution in [2.24, 2.45) is 0 Å². The maximum Gasteiger partial charge on any atom is 0.475 e. The number of imidazole rings is 1. The fraction of sp³-hybridized carbons (Fsp3) is 0.429. The average Bonchev–Trinajstić information content (AvgIpc) is 3.37. The monoisotopic (exact) mass is 502 g/mol. The summed E-state index contributed by atoms with van der Waals surface area (Å²) in [4.78, 5) is 12.2. The summed E-state index contributed by atoms with van der Waals surface area (Å²) in [6.07, 6.45) is -1.14. The lowest BCUT2D eigenvalue weighted by molar-refractivity contribution is -0.0953. The minimum Gasteiger partial charge on any atom is -0.387 e. The topological polar surface area (TPSA) is 188 Å². The van der Waals surface area contributed by atoms with Crippen molar-refractivity contribution in [3.63, 3.8) is 0 Å². The second-order valence-electron chi connectivity index (χ2n) is 8.48. The first kappa shape index (κ1) is 23.8. The zero-order chi connectivity index (χ0) is 24.8. The van der Waals surface area contributed by atoms with Crippen LogP contribution in [0.25, 0.3) is 11.2 Å². The van der Waals surface area contributed by atoms with Crippen molar-refractivity contribution in [3.8, 4) is 6.07 Å². The summed E-state index contributed by atoms with van der Waals surface area (Å²) in [5.74, 6) is 0.159. The maximum absolute atomic E-state index is 13.1. The number of nitrogen functional groups attached to an aromatic ring is 1. The van der Waals surface area contributed by atoms with Crippen LogP contribution >= 0.6 is 7.82 Å². The van der Waals surface area contributed by atoms with E-state index in [1.165, 1.54) is 24.1 Å². The summed E-state index contributed by atoms with van der Waals surface area (Å²) in [6, 6.07) is 8.83. The Morgan fingerprint density at radius 1 is 1.40 bits per heavy atom. The zero-order valence-electron chi connectivity index (χ0n) is 18.6.